The molecule has 1 amide bonds. The van der Waals surface area contributed by atoms with Crippen LogP contribution in [0.15, 0.2) is 51.6 Å². The van der Waals surface area contributed by atoms with Crippen LogP contribution in [0, 0.1) is 12.7 Å². The Balaban J connectivity index is 1.78. The Morgan fingerprint density at radius 1 is 1.27 bits per heavy atom. The van der Waals surface area contributed by atoms with Crippen LogP contribution < -0.4 is 5.32 Å². The summed E-state index contributed by atoms with van der Waals surface area (Å²) in [6.07, 6.45) is 1.70. The molecule has 3 aromatic rings. The van der Waals surface area contributed by atoms with Crippen LogP contribution in [0.2, 0.25) is 0 Å². The summed E-state index contributed by atoms with van der Waals surface area (Å²) in [5.41, 5.74) is 2.79. The average molecular weight is 362 g/mol. The first-order chi connectivity index (χ1) is 10.5. The minimum Gasteiger partial charge on any atom is -0.464 e. The Hall–Kier alpha value is -2.14. The highest BCUT2D eigenvalue weighted by atomic mass is 79.9. The van der Waals surface area contributed by atoms with E-state index in [1.165, 1.54) is 12.1 Å². The Morgan fingerprint density at radius 3 is 2.86 bits per heavy atom. The summed E-state index contributed by atoms with van der Waals surface area (Å²) in [5, 5.41) is 3.48. The molecule has 2 aromatic carbocycles. The summed E-state index contributed by atoms with van der Waals surface area (Å²) in [6, 6.07) is 10.3. The number of aryl methyl sites for hydroxylation is 1. The zero-order chi connectivity index (χ0) is 15.7. The molecule has 1 N–H and O–H groups in total. The number of hydrogen-bond donors (Lipinski definition) is 1. The third-order valence-corrected chi connectivity index (χ3v) is 3.86. The van der Waals surface area contributed by atoms with E-state index in [1.54, 1.807) is 12.3 Å². The van der Waals surface area contributed by atoms with E-state index in [2.05, 4.69) is 21.2 Å². The van der Waals surface area contributed by atoms with Crippen molar-refractivity contribution in [2.45, 2.75) is 13.3 Å². The number of carbonyl (C=O) groups is 1. The molecule has 0 bridgehead atoms. The van der Waals surface area contributed by atoms with Gasteiger partial charge in [0.1, 0.15) is 11.4 Å². The SMILES string of the molecule is Cc1ccc2c(CC(=O)Nc3ccc(Br)cc3F)coc2c1. The minimum absolute atomic E-state index is 0.131. The fourth-order valence-electron chi connectivity index (χ4n) is 2.29. The maximum absolute atomic E-state index is 13.7. The van der Waals surface area contributed by atoms with Gasteiger partial charge in [0.2, 0.25) is 5.91 Å². The van der Waals surface area contributed by atoms with Gasteiger partial charge < -0.3 is 9.73 Å². The number of amides is 1. The van der Waals surface area contributed by atoms with Crippen LogP contribution in [0.1, 0.15) is 11.1 Å². The lowest BCUT2D eigenvalue weighted by Crippen LogP contribution is -2.15. The highest BCUT2D eigenvalue weighted by Gasteiger charge is 2.12. The summed E-state index contributed by atoms with van der Waals surface area (Å²) in [4.78, 5) is 12.1. The molecule has 5 heteroatoms. The van der Waals surface area contributed by atoms with Gasteiger partial charge in [-0.3, -0.25) is 4.79 Å². The zero-order valence-electron chi connectivity index (χ0n) is 11.8. The first-order valence-corrected chi connectivity index (χ1v) is 7.54. The monoisotopic (exact) mass is 361 g/mol. The van der Waals surface area contributed by atoms with E-state index in [-0.39, 0.29) is 18.0 Å². The molecule has 3 nitrogen and oxygen atoms in total. The molecular weight excluding hydrogens is 349 g/mol. The Kier molecular flexibility index (Phi) is 3.98. The van der Waals surface area contributed by atoms with Crippen LogP contribution in [0.5, 0.6) is 0 Å². The molecule has 1 heterocycles. The van der Waals surface area contributed by atoms with Gasteiger partial charge in [-0.1, -0.05) is 28.1 Å². The minimum atomic E-state index is -0.476. The third-order valence-electron chi connectivity index (χ3n) is 3.37. The van der Waals surface area contributed by atoms with Gasteiger partial charge in [-0.05, 0) is 36.8 Å². The summed E-state index contributed by atoms with van der Waals surface area (Å²) in [6.45, 7) is 1.98. The van der Waals surface area contributed by atoms with Crippen LogP contribution >= 0.6 is 15.9 Å². The highest BCUT2D eigenvalue weighted by molar-refractivity contribution is 9.10. The molecule has 0 unspecified atom stereocenters. The lowest BCUT2D eigenvalue weighted by Gasteiger charge is -2.06. The number of anilines is 1. The molecule has 112 valence electrons. The molecule has 0 saturated carbocycles. The van der Waals surface area contributed by atoms with Crippen LogP contribution in [-0.4, -0.2) is 5.91 Å². The van der Waals surface area contributed by atoms with Gasteiger partial charge in [-0.2, -0.15) is 0 Å². The summed E-state index contributed by atoms with van der Waals surface area (Å²) in [5.74, 6) is -0.764. The smallest absolute Gasteiger partial charge is 0.229 e. The Bertz CT molecular complexity index is 857. The number of halogens is 2. The molecule has 0 atom stereocenters. The van der Waals surface area contributed by atoms with Crippen molar-refractivity contribution in [3.63, 3.8) is 0 Å². The topological polar surface area (TPSA) is 42.2 Å². The predicted molar refractivity (Wildman–Crippen MR) is 87.4 cm³/mol. The van der Waals surface area contributed by atoms with E-state index < -0.39 is 5.82 Å². The van der Waals surface area contributed by atoms with E-state index in [1.807, 2.05) is 25.1 Å². The molecule has 0 radical (unpaired) electrons. The largest absolute Gasteiger partial charge is 0.464 e. The average Bonchev–Trinajstić information content (AvgIpc) is 2.84. The number of furan rings is 1. The van der Waals surface area contributed by atoms with Crippen molar-refractivity contribution in [1.82, 2.24) is 0 Å². The first kappa shape index (κ1) is 14.8. The standard InChI is InChI=1S/C17H13BrFNO2/c1-10-2-4-13-11(9-22-16(13)6-10)7-17(21)20-15-5-3-12(18)8-14(15)19/h2-6,8-9H,7H2,1H3,(H,20,21). The van der Waals surface area contributed by atoms with Crippen LogP contribution in [0.3, 0.4) is 0 Å². The second-order valence-electron chi connectivity index (χ2n) is 5.11. The van der Waals surface area contributed by atoms with Crippen molar-refractivity contribution in [2.24, 2.45) is 0 Å². The van der Waals surface area contributed by atoms with Gasteiger partial charge in [0, 0.05) is 15.4 Å². The molecular formula is C17H13BrFNO2. The Labute approximate surface area is 135 Å². The van der Waals surface area contributed by atoms with Crippen molar-refractivity contribution in [2.75, 3.05) is 5.32 Å². The maximum Gasteiger partial charge on any atom is 0.229 e. The molecule has 0 aliphatic rings. The lowest BCUT2D eigenvalue weighted by atomic mass is 10.1. The van der Waals surface area contributed by atoms with Gasteiger partial charge in [-0.25, -0.2) is 4.39 Å². The number of fused-ring (bicyclic) bond motifs is 1. The van der Waals surface area contributed by atoms with Crippen molar-refractivity contribution in [3.8, 4) is 0 Å². The van der Waals surface area contributed by atoms with Gasteiger partial charge in [0.15, 0.2) is 0 Å². The number of carbonyl (C=O) groups excluding carboxylic acids is 1. The van der Waals surface area contributed by atoms with Crippen molar-refractivity contribution >= 4 is 38.5 Å². The van der Waals surface area contributed by atoms with E-state index in [9.17, 15) is 9.18 Å². The van der Waals surface area contributed by atoms with Crippen molar-refractivity contribution < 1.29 is 13.6 Å². The fourth-order valence-corrected chi connectivity index (χ4v) is 2.62. The molecule has 3 rings (SSSR count). The second kappa shape index (κ2) is 5.93. The lowest BCUT2D eigenvalue weighted by molar-refractivity contribution is -0.115. The number of rotatable bonds is 3. The van der Waals surface area contributed by atoms with Crippen LogP contribution in [0.4, 0.5) is 10.1 Å². The van der Waals surface area contributed by atoms with E-state index in [4.69, 9.17) is 4.42 Å². The van der Waals surface area contributed by atoms with Crippen molar-refractivity contribution in [1.29, 1.82) is 0 Å². The fraction of sp³-hybridized carbons (Fsp3) is 0.118. The van der Waals surface area contributed by atoms with Crippen LogP contribution in [0.25, 0.3) is 11.0 Å². The van der Waals surface area contributed by atoms with E-state index in [0.717, 1.165) is 22.1 Å². The van der Waals surface area contributed by atoms with Crippen LogP contribution in [-0.2, 0) is 11.2 Å². The third kappa shape index (κ3) is 3.04. The normalized spacial score (nSPS) is 10.9. The maximum atomic E-state index is 13.7. The van der Waals surface area contributed by atoms with Gasteiger partial charge in [0.05, 0.1) is 18.4 Å². The molecule has 0 spiro atoms. The Morgan fingerprint density at radius 2 is 2.09 bits per heavy atom. The number of nitrogens with one attached hydrogen (secondary N) is 1. The quantitative estimate of drug-likeness (QED) is 0.726. The summed E-state index contributed by atoms with van der Waals surface area (Å²) in [7, 11) is 0. The molecule has 0 aliphatic carbocycles. The molecule has 0 saturated heterocycles. The van der Waals surface area contributed by atoms with Gasteiger partial charge in [0.25, 0.3) is 0 Å². The molecule has 0 fully saturated rings. The van der Waals surface area contributed by atoms with E-state index in [0.29, 0.717) is 4.47 Å². The predicted octanol–water partition coefficient (Wildman–Crippen LogP) is 4.82. The van der Waals surface area contributed by atoms with Crippen molar-refractivity contribution in [3.05, 3.63) is 64.1 Å². The highest BCUT2D eigenvalue weighted by Crippen LogP contribution is 2.24. The van der Waals surface area contributed by atoms with Gasteiger partial charge in [-0.15, -0.1) is 0 Å². The second-order valence-corrected chi connectivity index (χ2v) is 6.03. The van der Waals surface area contributed by atoms with Gasteiger partial charge >= 0.3 is 0 Å². The summed E-state index contributed by atoms with van der Waals surface area (Å²) >= 11 is 3.18. The zero-order valence-corrected chi connectivity index (χ0v) is 13.4. The molecule has 22 heavy (non-hydrogen) atoms. The molecule has 1 aromatic heterocycles. The number of benzene rings is 2. The number of hydrogen-bond acceptors (Lipinski definition) is 2. The first-order valence-electron chi connectivity index (χ1n) is 6.74. The molecule has 0 aliphatic heterocycles. The summed E-state index contributed by atoms with van der Waals surface area (Å²) < 4.78 is 19.8. The van der Waals surface area contributed by atoms with E-state index >= 15 is 0 Å².